The molecule has 1 unspecified atom stereocenters. The second-order valence-corrected chi connectivity index (χ2v) is 5.44. The van der Waals surface area contributed by atoms with Crippen molar-refractivity contribution in [2.45, 2.75) is 12.5 Å². The van der Waals surface area contributed by atoms with Crippen LogP contribution in [0, 0.1) is 0 Å². The standard InChI is InChI=1S/C14H12BrClO/c1-14(17,10-2-6-12(15)7-3-10)11-4-8-13(16)9-5-11/h2-9,17H,1H3. The first kappa shape index (κ1) is 12.6. The first-order valence-electron chi connectivity index (χ1n) is 5.24. The zero-order valence-corrected chi connectivity index (χ0v) is 11.7. The lowest BCUT2D eigenvalue weighted by Gasteiger charge is -2.24. The number of halogens is 2. The first-order valence-corrected chi connectivity index (χ1v) is 6.42. The molecule has 0 saturated heterocycles. The molecule has 1 nitrogen and oxygen atoms in total. The maximum atomic E-state index is 10.6. The molecule has 0 aromatic heterocycles. The van der Waals surface area contributed by atoms with Crippen LogP contribution in [0.25, 0.3) is 0 Å². The molecule has 0 heterocycles. The van der Waals surface area contributed by atoms with Crippen LogP contribution in [0.2, 0.25) is 5.02 Å². The molecule has 0 amide bonds. The molecule has 0 radical (unpaired) electrons. The number of aliphatic hydroxyl groups is 1. The SMILES string of the molecule is CC(O)(c1ccc(Cl)cc1)c1ccc(Br)cc1. The van der Waals surface area contributed by atoms with Crippen LogP contribution in [-0.2, 0) is 5.60 Å². The fraction of sp³-hybridized carbons (Fsp3) is 0.143. The minimum atomic E-state index is -1.01. The third-order valence-electron chi connectivity index (χ3n) is 2.81. The summed E-state index contributed by atoms with van der Waals surface area (Å²) in [6.45, 7) is 1.78. The van der Waals surface area contributed by atoms with Crippen LogP contribution < -0.4 is 0 Å². The molecule has 0 aliphatic carbocycles. The minimum absolute atomic E-state index is 0.667. The summed E-state index contributed by atoms with van der Waals surface area (Å²) in [4.78, 5) is 0. The van der Waals surface area contributed by atoms with E-state index < -0.39 is 5.60 Å². The molecule has 0 aliphatic rings. The molecule has 1 atom stereocenters. The summed E-state index contributed by atoms with van der Waals surface area (Å²) < 4.78 is 0.994. The second kappa shape index (κ2) is 4.81. The van der Waals surface area contributed by atoms with Crippen molar-refractivity contribution in [2.75, 3.05) is 0 Å². The molecule has 0 bridgehead atoms. The van der Waals surface area contributed by atoms with Crippen LogP contribution in [0.1, 0.15) is 18.1 Å². The lowest BCUT2D eigenvalue weighted by atomic mass is 9.88. The fourth-order valence-electron chi connectivity index (χ4n) is 1.72. The van der Waals surface area contributed by atoms with Crippen LogP contribution >= 0.6 is 27.5 Å². The van der Waals surface area contributed by atoms with Gasteiger partial charge in [0, 0.05) is 9.50 Å². The van der Waals surface area contributed by atoms with Crippen LogP contribution in [-0.4, -0.2) is 5.11 Å². The molecule has 0 aliphatic heterocycles. The number of rotatable bonds is 2. The molecule has 17 heavy (non-hydrogen) atoms. The van der Waals surface area contributed by atoms with E-state index in [-0.39, 0.29) is 0 Å². The predicted molar refractivity (Wildman–Crippen MR) is 74.3 cm³/mol. The largest absolute Gasteiger partial charge is 0.381 e. The van der Waals surface area contributed by atoms with Gasteiger partial charge in [-0.2, -0.15) is 0 Å². The van der Waals surface area contributed by atoms with Crippen molar-refractivity contribution >= 4 is 27.5 Å². The molecule has 0 fully saturated rings. The normalized spacial score (nSPS) is 14.4. The summed E-state index contributed by atoms with van der Waals surface area (Å²) in [5.41, 5.74) is 0.665. The third-order valence-corrected chi connectivity index (χ3v) is 3.59. The minimum Gasteiger partial charge on any atom is -0.381 e. The van der Waals surface area contributed by atoms with E-state index in [1.807, 2.05) is 36.4 Å². The fourth-order valence-corrected chi connectivity index (χ4v) is 2.11. The molecule has 0 spiro atoms. The van der Waals surface area contributed by atoms with E-state index in [1.165, 1.54) is 0 Å². The average Bonchev–Trinajstić information content (AvgIpc) is 2.30. The van der Waals surface area contributed by atoms with E-state index in [0.29, 0.717) is 5.02 Å². The number of benzene rings is 2. The molecule has 2 rings (SSSR count). The van der Waals surface area contributed by atoms with Crippen LogP contribution in [0.5, 0.6) is 0 Å². The summed E-state index contributed by atoms with van der Waals surface area (Å²) in [5, 5.41) is 11.2. The van der Waals surface area contributed by atoms with E-state index in [0.717, 1.165) is 15.6 Å². The molecule has 88 valence electrons. The Morgan fingerprint density at radius 1 is 0.941 bits per heavy atom. The first-order chi connectivity index (χ1) is 8.00. The smallest absolute Gasteiger partial charge is 0.112 e. The molecule has 1 N–H and O–H groups in total. The molecule has 2 aromatic carbocycles. The Morgan fingerprint density at radius 3 is 1.82 bits per heavy atom. The Kier molecular flexibility index (Phi) is 3.57. The summed E-state index contributed by atoms with van der Waals surface area (Å²) in [7, 11) is 0. The summed E-state index contributed by atoms with van der Waals surface area (Å²) in [6, 6.07) is 14.9. The predicted octanol–water partition coefficient (Wildman–Crippen LogP) is 4.36. The van der Waals surface area contributed by atoms with Gasteiger partial charge in [0.2, 0.25) is 0 Å². The summed E-state index contributed by atoms with van der Waals surface area (Å²) >= 11 is 9.22. The average molecular weight is 312 g/mol. The van der Waals surface area contributed by atoms with Gasteiger partial charge >= 0.3 is 0 Å². The van der Waals surface area contributed by atoms with Gasteiger partial charge in [-0.05, 0) is 42.3 Å². The Morgan fingerprint density at radius 2 is 1.35 bits per heavy atom. The van der Waals surface area contributed by atoms with Gasteiger partial charge in [0.25, 0.3) is 0 Å². The number of hydrogen-bond donors (Lipinski definition) is 1. The Hall–Kier alpha value is -0.830. The van der Waals surface area contributed by atoms with E-state index >= 15 is 0 Å². The van der Waals surface area contributed by atoms with Gasteiger partial charge < -0.3 is 5.11 Å². The van der Waals surface area contributed by atoms with Crippen LogP contribution in [0.4, 0.5) is 0 Å². The maximum absolute atomic E-state index is 10.6. The van der Waals surface area contributed by atoms with Crippen molar-refractivity contribution in [1.82, 2.24) is 0 Å². The quantitative estimate of drug-likeness (QED) is 0.874. The Balaban J connectivity index is 2.41. The maximum Gasteiger partial charge on any atom is 0.112 e. The molecule has 3 heteroatoms. The van der Waals surface area contributed by atoms with Crippen molar-refractivity contribution in [3.05, 3.63) is 69.2 Å². The Bertz CT molecular complexity index is 455. The zero-order valence-electron chi connectivity index (χ0n) is 9.32. The monoisotopic (exact) mass is 310 g/mol. The van der Waals surface area contributed by atoms with Gasteiger partial charge in [-0.15, -0.1) is 0 Å². The van der Waals surface area contributed by atoms with Gasteiger partial charge in [-0.25, -0.2) is 0 Å². The lowest BCUT2D eigenvalue weighted by Crippen LogP contribution is -2.22. The van der Waals surface area contributed by atoms with E-state index in [2.05, 4.69) is 15.9 Å². The van der Waals surface area contributed by atoms with Crippen molar-refractivity contribution in [3.8, 4) is 0 Å². The Labute approximate surface area is 114 Å². The van der Waals surface area contributed by atoms with Crippen molar-refractivity contribution in [3.63, 3.8) is 0 Å². The van der Waals surface area contributed by atoms with Crippen molar-refractivity contribution in [1.29, 1.82) is 0 Å². The second-order valence-electron chi connectivity index (χ2n) is 4.09. The summed E-state index contributed by atoms with van der Waals surface area (Å²) in [5.74, 6) is 0. The van der Waals surface area contributed by atoms with Gasteiger partial charge in [0.1, 0.15) is 5.60 Å². The van der Waals surface area contributed by atoms with Gasteiger partial charge in [-0.1, -0.05) is 51.8 Å². The van der Waals surface area contributed by atoms with Crippen molar-refractivity contribution < 1.29 is 5.11 Å². The highest BCUT2D eigenvalue weighted by molar-refractivity contribution is 9.10. The van der Waals surface area contributed by atoms with E-state index in [1.54, 1.807) is 19.1 Å². The highest BCUT2D eigenvalue weighted by atomic mass is 79.9. The lowest BCUT2D eigenvalue weighted by molar-refractivity contribution is 0.102. The van der Waals surface area contributed by atoms with Crippen LogP contribution in [0.3, 0.4) is 0 Å². The zero-order chi connectivity index (χ0) is 12.5. The highest BCUT2D eigenvalue weighted by Gasteiger charge is 2.25. The molecular weight excluding hydrogens is 300 g/mol. The molecular formula is C14H12BrClO. The van der Waals surface area contributed by atoms with Gasteiger partial charge in [0.15, 0.2) is 0 Å². The third kappa shape index (κ3) is 2.71. The van der Waals surface area contributed by atoms with Gasteiger partial charge in [0.05, 0.1) is 0 Å². The van der Waals surface area contributed by atoms with E-state index in [4.69, 9.17) is 11.6 Å². The van der Waals surface area contributed by atoms with E-state index in [9.17, 15) is 5.11 Å². The van der Waals surface area contributed by atoms with Gasteiger partial charge in [-0.3, -0.25) is 0 Å². The molecule has 2 aromatic rings. The highest BCUT2D eigenvalue weighted by Crippen LogP contribution is 2.30. The molecule has 0 saturated carbocycles. The number of hydrogen-bond acceptors (Lipinski definition) is 1. The topological polar surface area (TPSA) is 20.2 Å². The summed E-state index contributed by atoms with van der Waals surface area (Å²) in [6.07, 6.45) is 0. The van der Waals surface area contributed by atoms with Crippen molar-refractivity contribution in [2.24, 2.45) is 0 Å². The van der Waals surface area contributed by atoms with Crippen LogP contribution in [0.15, 0.2) is 53.0 Å².